The number of Topliss-reactive ketones (excluding diaryl/α,β-unsaturated/α-hetero) is 1. The number of aliphatic hydroxyl groups is 2. The number of fused-ring (bicyclic) bond motifs is 7. The molecule has 2 aromatic rings. The fraction of sp³-hybridized carbons (Fsp3) is 0.521. The van der Waals surface area contributed by atoms with Gasteiger partial charge in [-0.25, -0.2) is 8.78 Å². The van der Waals surface area contributed by atoms with E-state index in [0.717, 1.165) is 27.6 Å². The van der Waals surface area contributed by atoms with Gasteiger partial charge < -0.3 is 46.1 Å². The molecule has 1 unspecified atom stereocenters. The van der Waals surface area contributed by atoms with Crippen molar-refractivity contribution in [2.75, 3.05) is 24.7 Å². The Morgan fingerprint density at radius 3 is 2.32 bits per heavy atom. The summed E-state index contributed by atoms with van der Waals surface area (Å²) in [5, 5.41) is 40.6. The molecule has 4 fully saturated rings. The van der Waals surface area contributed by atoms with Gasteiger partial charge in [-0.1, -0.05) is 43.0 Å². The number of carboxylic acid groups (broad SMARTS) is 1. The van der Waals surface area contributed by atoms with Gasteiger partial charge in [-0.3, -0.25) is 33.6 Å². The van der Waals surface area contributed by atoms with Crippen molar-refractivity contribution in [1.82, 2.24) is 16.0 Å². The lowest BCUT2D eigenvalue weighted by Gasteiger charge is -2.63. The zero-order chi connectivity index (χ0) is 49.5. The van der Waals surface area contributed by atoms with E-state index in [1.807, 2.05) is 18.2 Å². The van der Waals surface area contributed by atoms with Crippen molar-refractivity contribution in [1.29, 1.82) is 0 Å². The van der Waals surface area contributed by atoms with E-state index < -0.39 is 124 Å². The average Bonchev–Trinajstić information content (AvgIpc) is 3.79. The van der Waals surface area contributed by atoms with Crippen LogP contribution in [0, 0.1) is 22.7 Å². The highest BCUT2D eigenvalue weighted by Crippen LogP contribution is 2.72. The third-order valence-corrected chi connectivity index (χ3v) is 16.5. The fourth-order valence-electron chi connectivity index (χ4n) is 11.1. The second-order valence-electron chi connectivity index (χ2n) is 18.6. The van der Waals surface area contributed by atoms with Gasteiger partial charge in [0.15, 0.2) is 29.1 Å². The summed E-state index contributed by atoms with van der Waals surface area (Å²) in [6.45, 7) is 5.19. The van der Waals surface area contributed by atoms with Gasteiger partial charge in [0.1, 0.15) is 24.9 Å². The van der Waals surface area contributed by atoms with E-state index in [0.29, 0.717) is 11.3 Å². The predicted octanol–water partition coefficient (Wildman–Crippen LogP) is 4.14. The van der Waals surface area contributed by atoms with Crippen LogP contribution < -0.4 is 21.3 Å². The molecule has 4 amide bonds. The molecule has 0 aromatic heterocycles. The number of rotatable bonds is 17. The number of nitrogens with one attached hydrogen (secondary N) is 4. The molecule has 7 rings (SSSR count). The molecule has 16 nitrogen and oxygen atoms in total. The van der Waals surface area contributed by atoms with Gasteiger partial charge in [-0.2, -0.15) is 11.8 Å². The summed E-state index contributed by atoms with van der Waals surface area (Å²) in [7, 11) is 0. The Kier molecular flexibility index (Phi) is 14.8. The summed E-state index contributed by atoms with van der Waals surface area (Å²) in [5.41, 5.74) is -6.01. The van der Waals surface area contributed by atoms with Crippen molar-refractivity contribution in [2.24, 2.45) is 22.7 Å². The monoisotopic (exact) mass is 982 g/mol. The number of anilines is 1. The molecule has 13 atom stereocenters. The Balaban J connectivity index is 0.941. The quantitative estimate of drug-likeness (QED) is 0.118. The Labute approximate surface area is 400 Å². The molecule has 1 saturated heterocycles. The van der Waals surface area contributed by atoms with Crippen molar-refractivity contribution >= 4 is 70.4 Å². The zero-order valence-electron chi connectivity index (χ0n) is 38.1. The van der Waals surface area contributed by atoms with Crippen molar-refractivity contribution in [3.05, 3.63) is 77.9 Å². The van der Waals surface area contributed by atoms with Gasteiger partial charge in [-0.15, -0.1) is 0 Å². The average molecular weight is 983 g/mol. The summed E-state index contributed by atoms with van der Waals surface area (Å²) in [6.07, 6.45) is -1.01. The summed E-state index contributed by atoms with van der Waals surface area (Å²) in [5.74, 6) is -6.19. The van der Waals surface area contributed by atoms with E-state index in [1.165, 1.54) is 44.7 Å². The SMILES string of the molecule is CSC(CC(=O)O)C(=O)NCCC(=O)N[C@@H](C)C(=O)N[C@@H](C)C(=O)Nc1cccc(Sc2ccc([C@@H]3O[C@@H]4C[C@H]5[C@@H]6C[C@H](F)C7=CC(=O)C=C[C@]7(C)[C@@]6(F)[C@@H](O)C[C@]5(C)[C@]4(C(=O)CO)O3)cc2)c1. The Morgan fingerprint density at radius 1 is 0.941 bits per heavy atom. The summed E-state index contributed by atoms with van der Waals surface area (Å²) in [4.78, 5) is 89.2. The number of aliphatic carboxylic acids is 1. The van der Waals surface area contributed by atoms with E-state index in [-0.39, 0.29) is 44.2 Å². The van der Waals surface area contributed by atoms with Crippen molar-refractivity contribution in [2.45, 2.75) is 123 Å². The Bertz CT molecular complexity index is 2430. The van der Waals surface area contributed by atoms with E-state index in [2.05, 4.69) is 21.3 Å². The van der Waals surface area contributed by atoms with Crippen LogP contribution in [0.4, 0.5) is 14.5 Å². The Hall–Kier alpha value is -4.99. The van der Waals surface area contributed by atoms with Crippen LogP contribution in [0.5, 0.6) is 0 Å². The number of halogens is 2. The topological polar surface area (TPSA) is 247 Å². The number of hydrogen-bond acceptors (Lipinski definition) is 13. The van der Waals surface area contributed by atoms with Crippen LogP contribution in [0.15, 0.2) is 82.1 Å². The zero-order valence-corrected chi connectivity index (χ0v) is 39.7. The molecule has 1 aliphatic heterocycles. The molecule has 1 heterocycles. The second kappa shape index (κ2) is 19.8. The highest BCUT2D eigenvalue weighted by Gasteiger charge is 2.80. The minimum absolute atomic E-state index is 0.00759. The van der Waals surface area contributed by atoms with Crippen LogP contribution in [0.25, 0.3) is 0 Å². The molecular formula is C48H56F2N4O12S2. The Morgan fingerprint density at radius 2 is 1.65 bits per heavy atom. The maximum Gasteiger partial charge on any atom is 0.305 e. The van der Waals surface area contributed by atoms with Crippen LogP contribution in [-0.4, -0.2) is 123 Å². The maximum atomic E-state index is 17.8. The van der Waals surface area contributed by atoms with Crippen molar-refractivity contribution in [3.8, 4) is 0 Å². The number of ether oxygens (including phenoxy) is 2. The first-order valence-electron chi connectivity index (χ1n) is 22.4. The van der Waals surface area contributed by atoms with Crippen molar-refractivity contribution < 1.29 is 67.1 Å². The molecule has 5 aliphatic rings. The number of hydrogen-bond donors (Lipinski definition) is 7. The minimum atomic E-state index is -2.36. The molecule has 366 valence electrons. The highest BCUT2D eigenvalue weighted by molar-refractivity contribution is 8.00. The predicted molar refractivity (Wildman–Crippen MR) is 246 cm³/mol. The molecule has 2 aromatic carbocycles. The first-order chi connectivity index (χ1) is 32.1. The number of carboxylic acids is 1. The number of carbonyl (C=O) groups is 7. The normalized spacial score (nSPS) is 32.5. The maximum absolute atomic E-state index is 17.8. The van der Waals surface area contributed by atoms with E-state index in [4.69, 9.17) is 14.6 Å². The molecule has 3 saturated carbocycles. The van der Waals surface area contributed by atoms with Crippen LogP contribution >= 0.6 is 23.5 Å². The standard InChI is InChI=1S/C48H56F2N4O12S2/c1-24(52-39(59)14-16-51-43(64)35(67-5)21-40(60)61)41(62)53-25(2)42(63)54-27-7-6-8-30(17-27)68-29-11-9-26(10-12-29)44-65-38-20-31-32-19-34(49)33-18-28(56)13-15-45(33,3)47(32,50)36(57)22-46(31,4)48(38,66-44)37(58)23-55/h6-13,15,17-18,24-25,31-32,34-36,38,44,55,57H,14,16,19-23H2,1-5H3,(H,51,64)(H,52,59)(H,53,62)(H,54,63)(H,60,61)/t24-,25-,31-,32-,34-,35?,36-,38+,44+,45-,46-,47-,48+/m0/s1. The van der Waals surface area contributed by atoms with E-state index >= 15 is 8.78 Å². The molecular weight excluding hydrogens is 927 g/mol. The van der Waals surface area contributed by atoms with Gasteiger partial charge >= 0.3 is 5.97 Å². The molecule has 0 radical (unpaired) electrons. The summed E-state index contributed by atoms with van der Waals surface area (Å²) >= 11 is 2.46. The fourth-order valence-corrected chi connectivity index (χ4v) is 12.6. The number of aliphatic hydroxyl groups excluding tert-OH is 2. The number of allylic oxidation sites excluding steroid dienone is 4. The lowest BCUT2D eigenvalue weighted by molar-refractivity contribution is -0.235. The van der Waals surface area contributed by atoms with Gasteiger partial charge in [0.05, 0.1) is 23.9 Å². The van der Waals surface area contributed by atoms with Gasteiger partial charge in [0, 0.05) is 50.8 Å². The molecule has 68 heavy (non-hydrogen) atoms. The first-order valence-corrected chi connectivity index (χ1v) is 24.5. The second-order valence-corrected chi connectivity index (χ2v) is 20.7. The third-order valence-electron chi connectivity index (χ3n) is 14.5. The molecule has 4 aliphatic carbocycles. The number of amides is 4. The van der Waals surface area contributed by atoms with Crippen LogP contribution in [0.1, 0.15) is 71.7 Å². The van der Waals surface area contributed by atoms with Crippen molar-refractivity contribution in [3.63, 3.8) is 0 Å². The van der Waals surface area contributed by atoms with Gasteiger partial charge in [-0.05, 0) is 100 Å². The van der Waals surface area contributed by atoms with E-state index in [1.54, 1.807) is 43.5 Å². The molecule has 0 bridgehead atoms. The molecule has 0 spiro atoms. The smallest absolute Gasteiger partial charge is 0.305 e. The number of ketones is 2. The molecule has 20 heteroatoms. The largest absolute Gasteiger partial charge is 0.481 e. The summed E-state index contributed by atoms with van der Waals surface area (Å²) < 4.78 is 46.8. The van der Waals surface area contributed by atoms with Crippen LogP contribution in [-0.2, 0) is 43.0 Å². The number of thioether (sulfide) groups is 1. The van der Waals surface area contributed by atoms with Gasteiger partial charge in [0.2, 0.25) is 23.6 Å². The lowest BCUT2D eigenvalue weighted by Crippen LogP contribution is -2.70. The lowest BCUT2D eigenvalue weighted by atomic mass is 9.44. The molecule has 7 N–H and O–H groups in total. The third kappa shape index (κ3) is 9.14. The number of carbonyl (C=O) groups excluding carboxylic acids is 6. The number of alkyl halides is 2. The first kappa shape index (κ1) is 50.9. The highest BCUT2D eigenvalue weighted by atomic mass is 32.2. The van der Waals surface area contributed by atoms with Gasteiger partial charge in [0.25, 0.3) is 0 Å². The van der Waals surface area contributed by atoms with Crippen LogP contribution in [0.2, 0.25) is 0 Å². The summed E-state index contributed by atoms with van der Waals surface area (Å²) in [6, 6.07) is 12.1. The van der Waals surface area contributed by atoms with E-state index in [9.17, 15) is 43.8 Å². The minimum Gasteiger partial charge on any atom is -0.481 e. The van der Waals surface area contributed by atoms with Crippen LogP contribution in [0.3, 0.4) is 0 Å². The number of benzene rings is 2.